The first-order valence-electron chi connectivity index (χ1n) is 15.4. The van der Waals surface area contributed by atoms with Crippen molar-refractivity contribution in [2.24, 2.45) is 11.7 Å². The number of carboxylic acid groups (broad SMARTS) is 1. The van der Waals surface area contributed by atoms with E-state index in [9.17, 15) is 19.5 Å². The highest BCUT2D eigenvalue weighted by atomic mass is 32.1. The fraction of sp³-hybridized carbons (Fsp3) is 0.412. The number of nitrogens with zero attached hydrogens (tertiary/aromatic N) is 3. The molecule has 1 aliphatic heterocycles. The maximum Gasteiger partial charge on any atom is 0.355 e. The number of benzene rings is 2. The molecule has 9 nitrogen and oxygen atoms in total. The smallest absolute Gasteiger partial charge is 0.355 e. The average molecular weight is 616 g/mol. The van der Waals surface area contributed by atoms with Crippen LogP contribution in [0.1, 0.15) is 83.5 Å². The van der Waals surface area contributed by atoms with Crippen LogP contribution >= 0.6 is 11.3 Å². The van der Waals surface area contributed by atoms with Crippen molar-refractivity contribution in [3.8, 4) is 0 Å². The summed E-state index contributed by atoms with van der Waals surface area (Å²) in [5.41, 5.74) is 9.24. The number of nitrogens with two attached hydrogens (primary N) is 1. The van der Waals surface area contributed by atoms with Gasteiger partial charge in [0.05, 0.1) is 12.1 Å². The van der Waals surface area contributed by atoms with Crippen LogP contribution in [0.15, 0.2) is 60.8 Å². The van der Waals surface area contributed by atoms with Gasteiger partial charge in [-0.3, -0.25) is 9.69 Å². The van der Waals surface area contributed by atoms with Gasteiger partial charge >= 0.3 is 12.0 Å². The first-order valence-corrected chi connectivity index (χ1v) is 16.2. The third kappa shape index (κ3) is 7.19. The summed E-state index contributed by atoms with van der Waals surface area (Å²) in [6, 6.07) is 15.4. The van der Waals surface area contributed by atoms with Crippen molar-refractivity contribution < 1.29 is 19.5 Å². The van der Waals surface area contributed by atoms with Gasteiger partial charge in [-0.05, 0) is 42.4 Å². The van der Waals surface area contributed by atoms with E-state index >= 15 is 0 Å². The summed E-state index contributed by atoms with van der Waals surface area (Å²) < 4.78 is 0. The number of nitrogens with one attached hydrogen (secondary N) is 1. The van der Waals surface area contributed by atoms with Crippen molar-refractivity contribution >= 4 is 40.1 Å². The Morgan fingerprint density at radius 1 is 1.02 bits per heavy atom. The van der Waals surface area contributed by atoms with E-state index in [2.05, 4.69) is 9.97 Å². The van der Waals surface area contributed by atoms with Gasteiger partial charge in [-0.1, -0.05) is 75.2 Å². The van der Waals surface area contributed by atoms with E-state index in [1.807, 2.05) is 74.6 Å². The van der Waals surface area contributed by atoms with Gasteiger partial charge in [-0.25, -0.2) is 14.6 Å². The van der Waals surface area contributed by atoms with E-state index in [0.29, 0.717) is 35.8 Å². The average Bonchev–Trinajstić information content (AvgIpc) is 3.50. The van der Waals surface area contributed by atoms with Gasteiger partial charge in [0.1, 0.15) is 5.01 Å². The molecule has 0 radical (unpaired) electrons. The van der Waals surface area contributed by atoms with Crippen LogP contribution in [0.2, 0.25) is 0 Å². The molecule has 1 aliphatic rings. The number of aromatic nitrogens is 2. The summed E-state index contributed by atoms with van der Waals surface area (Å²) in [5, 5.41) is 11.6. The molecule has 10 heteroatoms. The molecule has 1 fully saturated rings. The quantitative estimate of drug-likeness (QED) is 0.189. The van der Waals surface area contributed by atoms with Crippen molar-refractivity contribution in [3.63, 3.8) is 0 Å². The van der Waals surface area contributed by atoms with E-state index in [0.717, 1.165) is 47.7 Å². The third-order valence-electron chi connectivity index (χ3n) is 8.17. The molecule has 0 unspecified atom stereocenters. The van der Waals surface area contributed by atoms with Gasteiger partial charge in [-0.15, -0.1) is 11.3 Å². The Bertz CT molecular complexity index is 1590. The fourth-order valence-corrected chi connectivity index (χ4v) is 7.14. The van der Waals surface area contributed by atoms with Crippen molar-refractivity contribution in [2.75, 3.05) is 13.1 Å². The standard InChI is InChI=1S/C34H41N5O4S/c1-22(2)18-26(35)32(40)39(34(43)38-16-10-3-4-11-17-38)28(20-24-21-36-27-15-9-8-14-25(24)27)31-37-30(33(41)42)29(44-31)19-23-12-6-5-7-13-23/h5-9,12-15,21-22,26,28,36H,3-4,10-11,16-20,35H2,1-2H3,(H,41,42)/t26-,28+/m0/s1. The molecular formula is C34H41N5O4S. The number of imide groups is 1. The lowest BCUT2D eigenvalue weighted by Crippen LogP contribution is -2.54. The predicted molar refractivity (Wildman–Crippen MR) is 173 cm³/mol. The molecule has 44 heavy (non-hydrogen) atoms. The van der Waals surface area contributed by atoms with Gasteiger partial charge in [0, 0.05) is 47.9 Å². The maximum atomic E-state index is 14.4. The molecule has 4 aromatic rings. The number of fused-ring (bicyclic) bond motifs is 1. The monoisotopic (exact) mass is 615 g/mol. The van der Waals surface area contributed by atoms with Crippen LogP contribution in [0, 0.1) is 5.92 Å². The molecule has 0 spiro atoms. The molecule has 0 bridgehead atoms. The Morgan fingerprint density at radius 3 is 2.39 bits per heavy atom. The Morgan fingerprint density at radius 2 is 1.70 bits per heavy atom. The van der Waals surface area contributed by atoms with Gasteiger partial charge in [0.25, 0.3) is 0 Å². The number of H-pyrrole nitrogens is 1. The second-order valence-electron chi connectivity index (χ2n) is 12.0. The number of hydrogen-bond donors (Lipinski definition) is 3. The highest BCUT2D eigenvalue weighted by molar-refractivity contribution is 7.12. The van der Waals surface area contributed by atoms with Gasteiger partial charge in [0.15, 0.2) is 5.69 Å². The van der Waals surface area contributed by atoms with E-state index in [1.165, 1.54) is 16.2 Å². The lowest BCUT2D eigenvalue weighted by molar-refractivity contribution is -0.132. The number of carbonyl (C=O) groups excluding carboxylic acids is 2. The number of rotatable bonds is 10. The van der Waals surface area contributed by atoms with E-state index in [-0.39, 0.29) is 18.0 Å². The molecule has 2 aromatic carbocycles. The molecule has 3 heterocycles. The Labute approximate surface area is 262 Å². The van der Waals surface area contributed by atoms with Crippen molar-refractivity contribution in [3.05, 3.63) is 87.5 Å². The molecule has 2 atom stereocenters. The van der Waals surface area contributed by atoms with E-state index in [1.54, 1.807) is 4.90 Å². The SMILES string of the molecule is CC(C)C[C@H](N)C(=O)N(C(=O)N1CCCCCC1)[C@H](Cc1c[nH]c2ccccc12)c1nc(C(=O)O)c(Cc2ccccc2)s1. The molecule has 0 aliphatic carbocycles. The van der Waals surface area contributed by atoms with Crippen LogP contribution < -0.4 is 5.73 Å². The number of amides is 3. The number of carboxylic acids is 1. The van der Waals surface area contributed by atoms with Crippen LogP contribution in [0.25, 0.3) is 10.9 Å². The first-order chi connectivity index (χ1) is 21.2. The van der Waals surface area contributed by atoms with Crippen LogP contribution in [-0.4, -0.2) is 61.9 Å². The molecule has 3 amide bonds. The number of hydrogen-bond acceptors (Lipinski definition) is 6. The second-order valence-corrected chi connectivity index (χ2v) is 13.1. The van der Waals surface area contributed by atoms with E-state index < -0.39 is 30.0 Å². The zero-order chi connectivity index (χ0) is 31.2. The van der Waals surface area contributed by atoms with Crippen LogP contribution in [-0.2, 0) is 17.6 Å². The minimum absolute atomic E-state index is 0.0566. The number of carbonyl (C=O) groups is 3. The summed E-state index contributed by atoms with van der Waals surface area (Å²) in [7, 11) is 0. The molecule has 5 rings (SSSR count). The number of para-hydroxylation sites is 1. The van der Waals surface area contributed by atoms with Crippen molar-refractivity contribution in [1.29, 1.82) is 0 Å². The molecule has 2 aromatic heterocycles. The summed E-state index contributed by atoms with van der Waals surface area (Å²) in [6.07, 6.45) is 6.73. The third-order valence-corrected chi connectivity index (χ3v) is 9.33. The first kappa shape index (κ1) is 31.4. The summed E-state index contributed by atoms with van der Waals surface area (Å²) >= 11 is 1.25. The number of aromatic carboxylic acids is 1. The number of urea groups is 1. The maximum absolute atomic E-state index is 14.4. The van der Waals surface area contributed by atoms with Crippen molar-refractivity contribution in [2.45, 2.75) is 70.9 Å². The normalized spacial score (nSPS) is 15.2. The Balaban J connectivity index is 1.64. The largest absolute Gasteiger partial charge is 0.476 e. The Hall–Kier alpha value is -4.02. The minimum atomic E-state index is -1.14. The highest BCUT2D eigenvalue weighted by Gasteiger charge is 2.39. The Kier molecular flexibility index (Phi) is 10.1. The number of thiazole rings is 1. The lowest BCUT2D eigenvalue weighted by atomic mass is 10.0. The number of aromatic amines is 1. The fourth-order valence-electron chi connectivity index (χ4n) is 5.96. The zero-order valence-electron chi connectivity index (χ0n) is 25.4. The zero-order valence-corrected chi connectivity index (χ0v) is 26.2. The predicted octanol–water partition coefficient (Wildman–Crippen LogP) is 6.40. The van der Waals surface area contributed by atoms with Gasteiger partial charge < -0.3 is 20.7 Å². The molecule has 232 valence electrons. The summed E-state index contributed by atoms with van der Waals surface area (Å²) in [6.45, 7) is 5.10. The topological polar surface area (TPSA) is 133 Å². The highest BCUT2D eigenvalue weighted by Crippen LogP contribution is 2.35. The molecule has 0 saturated carbocycles. The van der Waals surface area contributed by atoms with Gasteiger partial charge in [0.2, 0.25) is 5.91 Å². The van der Waals surface area contributed by atoms with Crippen LogP contribution in [0.4, 0.5) is 4.79 Å². The molecular weight excluding hydrogens is 574 g/mol. The summed E-state index contributed by atoms with van der Waals surface area (Å²) in [4.78, 5) is 52.7. The van der Waals surface area contributed by atoms with Crippen LogP contribution in [0.3, 0.4) is 0 Å². The summed E-state index contributed by atoms with van der Waals surface area (Å²) in [5.74, 6) is -1.46. The van der Waals surface area contributed by atoms with E-state index in [4.69, 9.17) is 5.73 Å². The number of likely N-dealkylation sites (tertiary alicyclic amines) is 1. The minimum Gasteiger partial charge on any atom is -0.476 e. The van der Waals surface area contributed by atoms with Crippen molar-refractivity contribution in [1.82, 2.24) is 19.8 Å². The van der Waals surface area contributed by atoms with Gasteiger partial charge in [-0.2, -0.15) is 0 Å². The second kappa shape index (κ2) is 14.2. The molecule has 4 N–H and O–H groups in total. The van der Waals surface area contributed by atoms with Crippen LogP contribution in [0.5, 0.6) is 0 Å². The lowest BCUT2D eigenvalue weighted by Gasteiger charge is -2.35. The molecule has 1 saturated heterocycles.